The van der Waals surface area contributed by atoms with Gasteiger partial charge < -0.3 is 10.1 Å². The topological polar surface area (TPSA) is 75.7 Å². The Balaban J connectivity index is 1.94. The van der Waals surface area contributed by atoms with Gasteiger partial charge in [-0.3, -0.25) is 9.10 Å². The molecule has 1 amide bonds. The number of carbonyl (C=O) groups excluding carboxylic acids is 1. The minimum Gasteiger partial charge on any atom is -0.497 e. The number of methoxy groups -OCH3 is 1. The summed E-state index contributed by atoms with van der Waals surface area (Å²) in [6.07, 6.45) is 1.41. The first-order chi connectivity index (χ1) is 12.3. The van der Waals surface area contributed by atoms with Gasteiger partial charge in [-0.05, 0) is 36.8 Å². The summed E-state index contributed by atoms with van der Waals surface area (Å²) in [5.41, 5.74) is 2.58. The fourth-order valence-corrected chi connectivity index (χ4v) is 3.41. The minimum absolute atomic E-state index is 0.142. The van der Waals surface area contributed by atoms with Crippen LogP contribution in [0.4, 0.5) is 5.69 Å². The van der Waals surface area contributed by atoms with E-state index in [1.54, 1.807) is 31.4 Å². The molecule has 0 radical (unpaired) electrons. The van der Waals surface area contributed by atoms with E-state index < -0.39 is 10.0 Å². The van der Waals surface area contributed by atoms with Gasteiger partial charge in [-0.25, -0.2) is 8.42 Å². The van der Waals surface area contributed by atoms with Crippen LogP contribution in [0.1, 0.15) is 11.1 Å². The number of anilines is 1. The molecule has 0 spiro atoms. The molecule has 0 unspecified atom stereocenters. The van der Waals surface area contributed by atoms with Crippen molar-refractivity contribution in [1.29, 1.82) is 0 Å². The number of nitrogens with zero attached hydrogens (tertiary/aromatic N) is 1. The first kappa shape index (κ1) is 19.8. The Kier molecular flexibility index (Phi) is 6.63. The van der Waals surface area contributed by atoms with Crippen molar-refractivity contribution in [1.82, 2.24) is 5.32 Å². The average molecular weight is 376 g/mol. The van der Waals surface area contributed by atoms with Gasteiger partial charge in [0.1, 0.15) is 5.75 Å². The second kappa shape index (κ2) is 8.71. The van der Waals surface area contributed by atoms with Crippen molar-refractivity contribution in [3.63, 3.8) is 0 Å². The summed E-state index contributed by atoms with van der Waals surface area (Å²) in [6.45, 7) is 2.37. The number of hydrogen-bond acceptors (Lipinski definition) is 4. The van der Waals surface area contributed by atoms with E-state index in [1.807, 2.05) is 31.2 Å². The third-order valence-corrected chi connectivity index (χ3v) is 5.08. The van der Waals surface area contributed by atoms with E-state index in [0.29, 0.717) is 11.4 Å². The molecule has 26 heavy (non-hydrogen) atoms. The van der Waals surface area contributed by atoms with Gasteiger partial charge in [-0.2, -0.15) is 0 Å². The molecule has 0 fully saturated rings. The van der Waals surface area contributed by atoms with E-state index in [-0.39, 0.29) is 25.4 Å². The van der Waals surface area contributed by atoms with Crippen LogP contribution < -0.4 is 14.4 Å². The Hall–Kier alpha value is -2.54. The second-order valence-electron chi connectivity index (χ2n) is 6.05. The Bertz CT molecular complexity index is 831. The average Bonchev–Trinajstić information content (AvgIpc) is 2.60. The van der Waals surface area contributed by atoms with Crippen LogP contribution in [0.2, 0.25) is 0 Å². The molecule has 0 heterocycles. The largest absolute Gasteiger partial charge is 0.497 e. The second-order valence-corrected chi connectivity index (χ2v) is 7.95. The molecule has 7 heteroatoms. The SMILES string of the molecule is COc1ccc(N(CCNC(=O)Cc2ccc(C)cc2)S(C)(=O)=O)cc1. The molecular formula is C19H24N2O4S. The standard InChI is InChI=1S/C19H24N2O4S/c1-15-4-6-16(7-5-15)14-19(22)20-12-13-21(26(3,23)24)17-8-10-18(25-2)11-9-17/h4-11H,12-14H2,1-3H3,(H,20,22). The smallest absolute Gasteiger partial charge is 0.232 e. The van der Waals surface area contributed by atoms with Crippen molar-refractivity contribution >= 4 is 21.6 Å². The molecule has 2 rings (SSSR count). The van der Waals surface area contributed by atoms with Crippen LogP contribution in [0.3, 0.4) is 0 Å². The third kappa shape index (κ3) is 5.77. The predicted molar refractivity (Wildman–Crippen MR) is 103 cm³/mol. The van der Waals surface area contributed by atoms with Gasteiger partial charge in [0.05, 0.1) is 32.0 Å². The summed E-state index contributed by atoms with van der Waals surface area (Å²) in [7, 11) is -1.91. The molecule has 0 atom stereocenters. The van der Waals surface area contributed by atoms with Crippen LogP contribution in [0.15, 0.2) is 48.5 Å². The van der Waals surface area contributed by atoms with Crippen molar-refractivity contribution in [2.24, 2.45) is 0 Å². The maximum atomic E-state index is 12.1. The Labute approximate surface area is 154 Å². The molecule has 0 bridgehead atoms. The lowest BCUT2D eigenvalue weighted by molar-refractivity contribution is -0.120. The molecule has 0 aliphatic heterocycles. The number of sulfonamides is 1. The van der Waals surface area contributed by atoms with Gasteiger partial charge >= 0.3 is 0 Å². The number of amides is 1. The molecule has 1 N–H and O–H groups in total. The van der Waals surface area contributed by atoms with Gasteiger partial charge in [0.15, 0.2) is 0 Å². The van der Waals surface area contributed by atoms with E-state index in [4.69, 9.17) is 4.74 Å². The van der Waals surface area contributed by atoms with Gasteiger partial charge in [0.2, 0.25) is 15.9 Å². The van der Waals surface area contributed by atoms with E-state index >= 15 is 0 Å². The van der Waals surface area contributed by atoms with Crippen LogP contribution in [0.5, 0.6) is 5.75 Å². The molecule has 140 valence electrons. The van der Waals surface area contributed by atoms with Crippen LogP contribution in [0.25, 0.3) is 0 Å². The lowest BCUT2D eigenvalue weighted by atomic mass is 10.1. The van der Waals surface area contributed by atoms with Crippen molar-refractivity contribution in [2.45, 2.75) is 13.3 Å². The summed E-state index contributed by atoms with van der Waals surface area (Å²) in [5, 5.41) is 2.77. The van der Waals surface area contributed by atoms with E-state index in [2.05, 4.69) is 5.32 Å². The number of carbonyl (C=O) groups is 1. The number of nitrogens with one attached hydrogen (secondary N) is 1. The lowest BCUT2D eigenvalue weighted by Gasteiger charge is -2.22. The van der Waals surface area contributed by atoms with Crippen LogP contribution in [0, 0.1) is 6.92 Å². The number of aryl methyl sites for hydroxylation is 1. The van der Waals surface area contributed by atoms with Crippen molar-refractivity contribution < 1.29 is 17.9 Å². The summed E-state index contributed by atoms with van der Waals surface area (Å²) in [6, 6.07) is 14.5. The highest BCUT2D eigenvalue weighted by Gasteiger charge is 2.17. The lowest BCUT2D eigenvalue weighted by Crippen LogP contribution is -2.38. The maximum absolute atomic E-state index is 12.1. The number of ether oxygens (including phenoxy) is 1. The summed E-state index contributed by atoms with van der Waals surface area (Å²) in [5.74, 6) is 0.505. The Morgan fingerprint density at radius 2 is 1.69 bits per heavy atom. The van der Waals surface area contributed by atoms with Crippen molar-refractivity contribution in [2.75, 3.05) is 30.8 Å². The summed E-state index contributed by atoms with van der Waals surface area (Å²) in [4.78, 5) is 12.1. The zero-order valence-corrected chi connectivity index (χ0v) is 16.0. The number of hydrogen-bond donors (Lipinski definition) is 1. The molecule has 2 aromatic rings. The highest BCUT2D eigenvalue weighted by molar-refractivity contribution is 7.92. The fourth-order valence-electron chi connectivity index (χ4n) is 2.49. The molecule has 0 aliphatic carbocycles. The summed E-state index contributed by atoms with van der Waals surface area (Å²) >= 11 is 0. The van der Waals surface area contributed by atoms with Crippen molar-refractivity contribution in [3.8, 4) is 5.75 Å². The molecular weight excluding hydrogens is 352 g/mol. The Morgan fingerprint density at radius 1 is 1.08 bits per heavy atom. The minimum atomic E-state index is -3.46. The van der Waals surface area contributed by atoms with Crippen LogP contribution in [-0.4, -0.2) is 40.8 Å². The predicted octanol–water partition coefficient (Wildman–Crippen LogP) is 2.13. The quantitative estimate of drug-likeness (QED) is 0.766. The van der Waals surface area contributed by atoms with Crippen molar-refractivity contribution in [3.05, 3.63) is 59.7 Å². The molecule has 2 aromatic carbocycles. The van der Waals surface area contributed by atoms with Crippen LogP contribution >= 0.6 is 0 Å². The van der Waals surface area contributed by atoms with E-state index in [0.717, 1.165) is 17.4 Å². The highest BCUT2D eigenvalue weighted by Crippen LogP contribution is 2.21. The first-order valence-electron chi connectivity index (χ1n) is 8.23. The molecule has 0 saturated carbocycles. The molecule has 0 aromatic heterocycles. The highest BCUT2D eigenvalue weighted by atomic mass is 32.2. The van der Waals surface area contributed by atoms with E-state index in [1.165, 1.54) is 4.31 Å². The molecule has 6 nitrogen and oxygen atoms in total. The zero-order chi connectivity index (χ0) is 19.2. The monoisotopic (exact) mass is 376 g/mol. The van der Waals surface area contributed by atoms with Gasteiger partial charge in [-0.15, -0.1) is 0 Å². The number of rotatable bonds is 8. The normalized spacial score (nSPS) is 11.0. The molecule has 0 aliphatic rings. The first-order valence-corrected chi connectivity index (χ1v) is 10.1. The maximum Gasteiger partial charge on any atom is 0.232 e. The van der Waals surface area contributed by atoms with E-state index in [9.17, 15) is 13.2 Å². The molecule has 0 saturated heterocycles. The van der Waals surface area contributed by atoms with Gasteiger partial charge in [0.25, 0.3) is 0 Å². The number of benzene rings is 2. The Morgan fingerprint density at radius 3 is 2.23 bits per heavy atom. The van der Waals surface area contributed by atoms with Gasteiger partial charge in [-0.1, -0.05) is 29.8 Å². The third-order valence-electron chi connectivity index (χ3n) is 3.88. The zero-order valence-electron chi connectivity index (χ0n) is 15.2. The fraction of sp³-hybridized carbons (Fsp3) is 0.316. The van der Waals surface area contributed by atoms with Gasteiger partial charge in [0, 0.05) is 6.54 Å². The summed E-state index contributed by atoms with van der Waals surface area (Å²) < 4.78 is 30.5. The van der Waals surface area contributed by atoms with Crippen LogP contribution in [-0.2, 0) is 21.2 Å².